The van der Waals surface area contributed by atoms with Gasteiger partial charge in [0.25, 0.3) is 0 Å². The van der Waals surface area contributed by atoms with Gasteiger partial charge in [-0.1, -0.05) is 30.3 Å². The van der Waals surface area contributed by atoms with Crippen LogP contribution in [-0.2, 0) is 9.53 Å². The molecule has 0 saturated heterocycles. The highest BCUT2D eigenvalue weighted by molar-refractivity contribution is 6.10. The van der Waals surface area contributed by atoms with E-state index in [1.54, 1.807) is 18.3 Å². The number of carbonyl (C=O) groups is 2. The summed E-state index contributed by atoms with van der Waals surface area (Å²) in [5.74, 6) is -1.69. The van der Waals surface area contributed by atoms with Gasteiger partial charge in [-0.2, -0.15) is 5.10 Å². The highest BCUT2D eigenvalue weighted by Crippen LogP contribution is 2.23. The highest BCUT2D eigenvalue weighted by Gasteiger charge is 2.35. The van der Waals surface area contributed by atoms with Crippen LogP contribution in [0.3, 0.4) is 0 Å². The summed E-state index contributed by atoms with van der Waals surface area (Å²) in [7, 11) is 0. The molecule has 1 heterocycles. The van der Waals surface area contributed by atoms with Crippen LogP contribution < -0.4 is 4.74 Å². The number of ketones is 1. The highest BCUT2D eigenvalue weighted by atomic mass is 16.7. The maximum Gasteiger partial charge on any atom is 0.452 e. The lowest BCUT2D eigenvalue weighted by Gasteiger charge is -2.13. The Morgan fingerprint density at radius 3 is 2.52 bits per heavy atom. The first-order valence-electron chi connectivity index (χ1n) is 8.72. The fourth-order valence-corrected chi connectivity index (χ4v) is 2.59. The molecule has 1 aromatic heterocycles. The Hall–Kier alpha value is -4.01. The van der Waals surface area contributed by atoms with Gasteiger partial charge in [-0.15, -0.1) is 0 Å². The zero-order valence-electron chi connectivity index (χ0n) is 15.4. The Labute approximate surface area is 165 Å². The van der Waals surface area contributed by atoms with E-state index in [1.165, 1.54) is 29.9 Å². The Morgan fingerprint density at radius 1 is 1.14 bits per heavy atom. The van der Waals surface area contributed by atoms with Crippen LogP contribution >= 0.6 is 0 Å². The normalized spacial score (nSPS) is 11.5. The minimum absolute atomic E-state index is 0.0359. The molecule has 1 unspecified atom stereocenters. The van der Waals surface area contributed by atoms with Crippen molar-refractivity contribution in [2.75, 3.05) is 6.61 Å². The van der Waals surface area contributed by atoms with Gasteiger partial charge < -0.3 is 9.47 Å². The van der Waals surface area contributed by atoms with Crippen LogP contribution in [0.25, 0.3) is 5.69 Å². The summed E-state index contributed by atoms with van der Waals surface area (Å²) in [6, 6.07) is 15.2. The second-order valence-electron chi connectivity index (χ2n) is 5.84. The van der Waals surface area contributed by atoms with Gasteiger partial charge in [-0.05, 0) is 31.2 Å². The van der Waals surface area contributed by atoms with E-state index in [4.69, 9.17) is 4.74 Å². The van der Waals surface area contributed by atoms with Crippen LogP contribution in [0.2, 0.25) is 0 Å². The Kier molecular flexibility index (Phi) is 5.98. The minimum Gasteiger partial charge on any atom is -0.458 e. The Morgan fingerprint density at radius 2 is 1.83 bits per heavy atom. The molecule has 0 amide bonds. The second kappa shape index (κ2) is 8.79. The molecule has 0 aliphatic rings. The van der Waals surface area contributed by atoms with E-state index < -0.39 is 22.9 Å². The van der Waals surface area contributed by atoms with Gasteiger partial charge in [0.1, 0.15) is 5.75 Å². The van der Waals surface area contributed by atoms with Crippen molar-refractivity contribution in [2.24, 2.45) is 0 Å². The third-order valence-electron chi connectivity index (χ3n) is 3.92. The first kappa shape index (κ1) is 19.7. The maximum atomic E-state index is 12.9. The number of nitro groups is 1. The largest absolute Gasteiger partial charge is 0.458 e. The number of carbonyl (C=O) groups excluding carboxylic acids is 2. The van der Waals surface area contributed by atoms with E-state index in [0.29, 0.717) is 0 Å². The number of hydrogen-bond donors (Lipinski definition) is 0. The van der Waals surface area contributed by atoms with Gasteiger partial charge in [0.15, 0.2) is 5.78 Å². The molecule has 0 bridgehead atoms. The van der Waals surface area contributed by atoms with Crippen molar-refractivity contribution >= 4 is 11.8 Å². The van der Waals surface area contributed by atoms with Crippen LogP contribution in [0.5, 0.6) is 5.75 Å². The average Bonchev–Trinajstić information content (AvgIpc) is 3.22. The van der Waals surface area contributed by atoms with Crippen molar-refractivity contribution in [3.63, 3.8) is 0 Å². The van der Waals surface area contributed by atoms with Gasteiger partial charge in [0.2, 0.25) is 0 Å². The topological polar surface area (TPSA) is 114 Å². The summed E-state index contributed by atoms with van der Waals surface area (Å²) >= 11 is 0. The third-order valence-corrected chi connectivity index (χ3v) is 3.92. The molecule has 9 nitrogen and oxygen atoms in total. The molecule has 0 N–H and O–H groups in total. The Balaban J connectivity index is 1.88. The molecule has 0 saturated carbocycles. The third kappa shape index (κ3) is 4.46. The molecule has 0 spiro atoms. The quantitative estimate of drug-likeness (QED) is 0.189. The summed E-state index contributed by atoms with van der Waals surface area (Å²) in [6.07, 6.45) is 0.865. The Bertz CT molecular complexity index is 1030. The van der Waals surface area contributed by atoms with Crippen LogP contribution in [-0.4, -0.2) is 39.3 Å². The summed E-state index contributed by atoms with van der Waals surface area (Å²) < 4.78 is 11.4. The van der Waals surface area contributed by atoms with Crippen LogP contribution in [0.4, 0.5) is 0 Å². The van der Waals surface area contributed by atoms with Crippen LogP contribution in [0.15, 0.2) is 67.0 Å². The number of benzene rings is 2. The minimum atomic E-state index is -2.07. The number of esters is 1. The van der Waals surface area contributed by atoms with Crippen molar-refractivity contribution < 1.29 is 24.0 Å². The molecular formula is C20H17N3O6. The number of aromatic nitrogens is 2. The summed E-state index contributed by atoms with van der Waals surface area (Å²) in [5, 5.41) is 15.4. The number of nitrogens with zero attached hydrogens (tertiary/aromatic N) is 3. The average molecular weight is 395 g/mol. The van der Waals surface area contributed by atoms with Crippen molar-refractivity contribution in [2.45, 2.75) is 13.2 Å². The maximum absolute atomic E-state index is 12.9. The first-order valence-corrected chi connectivity index (χ1v) is 8.72. The lowest BCUT2D eigenvalue weighted by molar-refractivity contribution is -0.548. The lowest BCUT2D eigenvalue weighted by Crippen LogP contribution is -2.37. The van der Waals surface area contributed by atoms with E-state index in [-0.39, 0.29) is 23.5 Å². The number of rotatable bonds is 8. The number of hydrogen-bond acceptors (Lipinski definition) is 7. The second-order valence-corrected chi connectivity index (χ2v) is 5.84. The van der Waals surface area contributed by atoms with Crippen molar-refractivity contribution in [1.29, 1.82) is 0 Å². The summed E-state index contributed by atoms with van der Waals surface area (Å²) in [4.78, 5) is 35.1. The van der Waals surface area contributed by atoms with Gasteiger partial charge >= 0.3 is 12.2 Å². The molecule has 0 aliphatic carbocycles. The van der Waals surface area contributed by atoms with Crippen LogP contribution in [0.1, 0.15) is 22.8 Å². The molecule has 0 aliphatic heterocycles. The molecule has 0 fully saturated rings. The summed E-state index contributed by atoms with van der Waals surface area (Å²) in [6.45, 7) is 1.49. The van der Waals surface area contributed by atoms with Crippen molar-refractivity contribution in [3.05, 3.63) is 88.2 Å². The zero-order valence-corrected chi connectivity index (χ0v) is 15.4. The van der Waals surface area contributed by atoms with E-state index in [1.807, 2.05) is 30.3 Å². The predicted molar refractivity (Wildman–Crippen MR) is 101 cm³/mol. The number of para-hydroxylation sites is 2. The monoisotopic (exact) mass is 395 g/mol. The van der Waals surface area contributed by atoms with Crippen LogP contribution in [0, 0.1) is 10.1 Å². The molecule has 1 atom stereocenters. The van der Waals surface area contributed by atoms with Crippen molar-refractivity contribution in [1.82, 2.24) is 9.78 Å². The van der Waals surface area contributed by atoms with Gasteiger partial charge in [-0.3, -0.25) is 14.9 Å². The SMILES string of the molecule is CCOC(=O)C(Oc1ccccc1C(=O)c1cnn(-c2ccccc2)c1)[N+](=O)[O-]. The smallest absolute Gasteiger partial charge is 0.452 e. The van der Waals surface area contributed by atoms with Gasteiger partial charge in [-0.25, -0.2) is 9.48 Å². The zero-order chi connectivity index (χ0) is 20.8. The molecule has 2 aromatic carbocycles. The van der Waals surface area contributed by atoms with Gasteiger partial charge in [0, 0.05) is 6.20 Å². The fourth-order valence-electron chi connectivity index (χ4n) is 2.59. The van der Waals surface area contributed by atoms with Gasteiger partial charge in [0.05, 0.1) is 34.5 Å². The molecule has 0 radical (unpaired) electrons. The first-order chi connectivity index (χ1) is 14.0. The van der Waals surface area contributed by atoms with Crippen molar-refractivity contribution in [3.8, 4) is 11.4 Å². The molecule has 148 valence electrons. The predicted octanol–water partition coefficient (Wildman–Crippen LogP) is 2.65. The molecular weight excluding hydrogens is 378 g/mol. The lowest BCUT2D eigenvalue weighted by atomic mass is 10.1. The number of ether oxygens (including phenoxy) is 2. The van der Waals surface area contributed by atoms with E-state index in [9.17, 15) is 19.7 Å². The van der Waals surface area contributed by atoms with E-state index in [2.05, 4.69) is 9.84 Å². The fraction of sp³-hybridized carbons (Fsp3) is 0.150. The van der Waals surface area contributed by atoms with E-state index in [0.717, 1.165) is 5.69 Å². The standard InChI is InChI=1S/C20H17N3O6/c1-2-28-20(25)19(23(26)27)29-17-11-7-6-10-16(17)18(24)14-12-21-22(13-14)15-8-4-3-5-9-15/h3-13,19H,2H2,1H3. The molecule has 9 heteroatoms. The molecule has 29 heavy (non-hydrogen) atoms. The molecule has 3 rings (SSSR count). The summed E-state index contributed by atoms with van der Waals surface area (Å²) in [5.41, 5.74) is 1.10. The van der Waals surface area contributed by atoms with E-state index >= 15 is 0 Å². The molecule has 3 aromatic rings.